The van der Waals surface area contributed by atoms with Crippen molar-refractivity contribution in [2.75, 3.05) is 6.54 Å². The predicted molar refractivity (Wildman–Crippen MR) is 80.9 cm³/mol. The predicted octanol–water partition coefficient (Wildman–Crippen LogP) is 3.23. The molecule has 3 rings (SSSR count). The number of hydrogen-bond acceptors (Lipinski definition) is 2. The third-order valence-corrected chi connectivity index (χ3v) is 4.06. The van der Waals surface area contributed by atoms with Crippen LogP contribution in [0.5, 0.6) is 0 Å². The zero-order chi connectivity index (χ0) is 13.8. The van der Waals surface area contributed by atoms with Crippen molar-refractivity contribution in [1.29, 1.82) is 0 Å². The third-order valence-electron chi connectivity index (χ3n) is 4.06. The quantitative estimate of drug-likeness (QED) is 0.860. The molecule has 2 heteroatoms. The summed E-state index contributed by atoms with van der Waals surface area (Å²) in [4.78, 5) is 12.9. The van der Waals surface area contributed by atoms with Crippen molar-refractivity contribution in [2.24, 2.45) is 0 Å². The van der Waals surface area contributed by atoms with E-state index in [-0.39, 0.29) is 5.78 Å². The van der Waals surface area contributed by atoms with Crippen LogP contribution in [0, 0.1) is 0 Å². The molecule has 2 aromatic carbocycles. The van der Waals surface area contributed by atoms with Crippen LogP contribution in [-0.4, -0.2) is 17.9 Å². The summed E-state index contributed by atoms with van der Waals surface area (Å²) in [6.45, 7) is 0.922. The van der Waals surface area contributed by atoms with Gasteiger partial charge >= 0.3 is 0 Å². The molecule has 1 saturated heterocycles. The Kier molecular flexibility index (Phi) is 3.66. The van der Waals surface area contributed by atoms with Crippen LogP contribution in [-0.2, 0) is 6.42 Å². The molecule has 0 bridgehead atoms. The molecule has 0 aromatic heterocycles. The second-order valence-electron chi connectivity index (χ2n) is 5.47. The van der Waals surface area contributed by atoms with E-state index in [9.17, 15) is 4.79 Å². The molecule has 2 nitrogen and oxygen atoms in total. The van der Waals surface area contributed by atoms with E-state index in [0.29, 0.717) is 0 Å². The molecule has 1 aliphatic rings. The number of rotatable bonds is 4. The first kappa shape index (κ1) is 13.1. The molecule has 1 fully saturated rings. The molecule has 1 heterocycles. The molecule has 0 saturated carbocycles. The Morgan fingerprint density at radius 3 is 2.25 bits per heavy atom. The highest BCUT2D eigenvalue weighted by Gasteiger charge is 2.40. The maximum absolute atomic E-state index is 12.9. The van der Waals surface area contributed by atoms with Gasteiger partial charge in [0.05, 0.1) is 5.54 Å². The van der Waals surface area contributed by atoms with Gasteiger partial charge in [0.15, 0.2) is 5.78 Å². The molecule has 20 heavy (non-hydrogen) atoms. The van der Waals surface area contributed by atoms with Crippen molar-refractivity contribution in [3.63, 3.8) is 0 Å². The largest absolute Gasteiger partial charge is 0.304 e. The average molecular weight is 265 g/mol. The van der Waals surface area contributed by atoms with E-state index in [1.807, 2.05) is 48.5 Å². The number of ketones is 1. The molecule has 2 aromatic rings. The van der Waals surface area contributed by atoms with Gasteiger partial charge in [0, 0.05) is 5.56 Å². The minimum Gasteiger partial charge on any atom is -0.304 e. The van der Waals surface area contributed by atoms with E-state index in [1.165, 1.54) is 5.56 Å². The van der Waals surface area contributed by atoms with Crippen molar-refractivity contribution >= 4 is 5.78 Å². The Morgan fingerprint density at radius 2 is 1.65 bits per heavy atom. The summed E-state index contributed by atoms with van der Waals surface area (Å²) in [6.07, 6.45) is 2.74. The maximum Gasteiger partial charge on any atom is 0.183 e. The van der Waals surface area contributed by atoms with E-state index < -0.39 is 5.54 Å². The molecule has 0 spiro atoms. The zero-order valence-corrected chi connectivity index (χ0v) is 11.5. The molecular weight excluding hydrogens is 246 g/mol. The van der Waals surface area contributed by atoms with Crippen LogP contribution in [0.3, 0.4) is 0 Å². The number of carbonyl (C=O) groups excluding carboxylic acids is 1. The summed E-state index contributed by atoms with van der Waals surface area (Å²) in [5.41, 5.74) is 1.59. The lowest BCUT2D eigenvalue weighted by atomic mass is 9.82. The van der Waals surface area contributed by atoms with Gasteiger partial charge in [-0.15, -0.1) is 0 Å². The van der Waals surface area contributed by atoms with Gasteiger partial charge in [0.1, 0.15) is 0 Å². The van der Waals surface area contributed by atoms with Gasteiger partial charge in [0.25, 0.3) is 0 Å². The first-order valence-corrected chi connectivity index (χ1v) is 7.19. The molecule has 1 unspecified atom stereocenters. The van der Waals surface area contributed by atoms with E-state index in [1.54, 1.807) is 0 Å². The Morgan fingerprint density at radius 1 is 1.00 bits per heavy atom. The highest BCUT2D eigenvalue weighted by atomic mass is 16.1. The zero-order valence-electron chi connectivity index (χ0n) is 11.5. The third kappa shape index (κ3) is 2.52. The molecule has 1 aliphatic heterocycles. The van der Waals surface area contributed by atoms with E-state index >= 15 is 0 Å². The van der Waals surface area contributed by atoms with E-state index in [0.717, 1.165) is 31.4 Å². The molecule has 0 aliphatic carbocycles. The van der Waals surface area contributed by atoms with Crippen LogP contribution in [0.4, 0.5) is 0 Å². The lowest BCUT2D eigenvalue weighted by molar-refractivity contribution is 0.0867. The SMILES string of the molecule is O=C(c1ccccc1)C1(Cc2ccccc2)CCCN1. The fraction of sp³-hybridized carbons (Fsp3) is 0.278. The summed E-state index contributed by atoms with van der Waals surface area (Å²) in [5, 5.41) is 3.47. The Bertz CT molecular complexity index is 571. The fourth-order valence-electron chi connectivity index (χ4n) is 3.04. The average Bonchev–Trinajstić information content (AvgIpc) is 2.98. The highest BCUT2D eigenvalue weighted by molar-refractivity contribution is 6.03. The second-order valence-corrected chi connectivity index (χ2v) is 5.47. The van der Waals surface area contributed by atoms with Gasteiger partial charge in [0.2, 0.25) is 0 Å². The molecular formula is C18H19NO. The number of benzene rings is 2. The molecule has 1 N–H and O–H groups in total. The first-order valence-electron chi connectivity index (χ1n) is 7.19. The van der Waals surface area contributed by atoms with Crippen molar-refractivity contribution in [3.05, 3.63) is 71.8 Å². The summed E-state index contributed by atoms with van der Waals surface area (Å²) in [7, 11) is 0. The molecule has 0 radical (unpaired) electrons. The van der Waals surface area contributed by atoms with E-state index in [2.05, 4.69) is 17.4 Å². The first-order chi connectivity index (χ1) is 9.80. The summed E-state index contributed by atoms with van der Waals surface area (Å²) >= 11 is 0. The van der Waals surface area contributed by atoms with Gasteiger partial charge < -0.3 is 5.32 Å². The highest BCUT2D eigenvalue weighted by Crippen LogP contribution is 2.28. The van der Waals surface area contributed by atoms with Crippen LogP contribution in [0.25, 0.3) is 0 Å². The van der Waals surface area contributed by atoms with Gasteiger partial charge in [-0.1, -0.05) is 60.7 Å². The standard InChI is InChI=1S/C18H19NO/c20-17(16-10-5-2-6-11-16)18(12-7-13-19-18)14-15-8-3-1-4-9-15/h1-6,8-11,19H,7,12-14H2. The van der Waals surface area contributed by atoms with Gasteiger partial charge in [-0.3, -0.25) is 4.79 Å². The van der Waals surface area contributed by atoms with Crippen molar-refractivity contribution in [1.82, 2.24) is 5.32 Å². The minimum atomic E-state index is -0.428. The van der Waals surface area contributed by atoms with Crippen molar-refractivity contribution in [2.45, 2.75) is 24.8 Å². The van der Waals surface area contributed by atoms with Crippen molar-refractivity contribution < 1.29 is 4.79 Å². The Hall–Kier alpha value is -1.93. The number of carbonyl (C=O) groups is 1. The normalized spacial score (nSPS) is 21.8. The number of Topliss-reactive ketones (excluding diaryl/α,β-unsaturated/α-hetero) is 1. The maximum atomic E-state index is 12.9. The topological polar surface area (TPSA) is 29.1 Å². The minimum absolute atomic E-state index is 0.222. The van der Waals surface area contributed by atoms with Crippen LogP contribution < -0.4 is 5.32 Å². The van der Waals surface area contributed by atoms with Crippen LogP contribution in [0.2, 0.25) is 0 Å². The molecule has 0 amide bonds. The summed E-state index contributed by atoms with van der Waals surface area (Å²) in [6, 6.07) is 19.9. The smallest absolute Gasteiger partial charge is 0.183 e. The monoisotopic (exact) mass is 265 g/mol. The fourth-order valence-corrected chi connectivity index (χ4v) is 3.04. The molecule has 102 valence electrons. The second kappa shape index (κ2) is 5.59. The van der Waals surface area contributed by atoms with Gasteiger partial charge in [-0.05, 0) is 31.4 Å². The number of nitrogens with one attached hydrogen (secondary N) is 1. The van der Waals surface area contributed by atoms with Crippen LogP contribution >= 0.6 is 0 Å². The van der Waals surface area contributed by atoms with Crippen molar-refractivity contribution in [3.8, 4) is 0 Å². The lowest BCUT2D eigenvalue weighted by Crippen LogP contribution is -2.49. The van der Waals surface area contributed by atoms with Crippen LogP contribution in [0.1, 0.15) is 28.8 Å². The molecule has 1 atom stereocenters. The Labute approximate surface area is 119 Å². The lowest BCUT2D eigenvalue weighted by Gasteiger charge is -2.28. The number of hydrogen-bond donors (Lipinski definition) is 1. The summed E-state index contributed by atoms with van der Waals surface area (Å²) in [5.74, 6) is 0.222. The summed E-state index contributed by atoms with van der Waals surface area (Å²) < 4.78 is 0. The van der Waals surface area contributed by atoms with E-state index in [4.69, 9.17) is 0 Å². The van der Waals surface area contributed by atoms with Gasteiger partial charge in [-0.25, -0.2) is 0 Å². The van der Waals surface area contributed by atoms with Crippen LogP contribution in [0.15, 0.2) is 60.7 Å². The van der Waals surface area contributed by atoms with Gasteiger partial charge in [-0.2, -0.15) is 0 Å². The Balaban J connectivity index is 1.90.